The van der Waals surface area contributed by atoms with Crippen molar-refractivity contribution in [2.45, 2.75) is 13.8 Å². The van der Waals surface area contributed by atoms with E-state index in [4.69, 9.17) is 18.9 Å². The number of carbonyl (C=O) groups excluding carboxylic acids is 1. The van der Waals surface area contributed by atoms with Crippen molar-refractivity contribution in [2.24, 2.45) is 0 Å². The van der Waals surface area contributed by atoms with Crippen LogP contribution < -0.4 is 10.1 Å². The van der Waals surface area contributed by atoms with Gasteiger partial charge in [0.05, 0.1) is 38.0 Å². The molecule has 0 atom stereocenters. The molecule has 0 heterocycles. The zero-order valence-corrected chi connectivity index (χ0v) is 15.2. The van der Waals surface area contributed by atoms with Crippen LogP contribution in [0.25, 0.3) is 0 Å². The first-order chi connectivity index (χ1) is 12.5. The van der Waals surface area contributed by atoms with E-state index < -0.39 is 4.92 Å². The van der Waals surface area contributed by atoms with Crippen molar-refractivity contribution in [3.8, 4) is 5.75 Å². The highest BCUT2D eigenvalue weighted by molar-refractivity contribution is 5.77. The predicted molar refractivity (Wildman–Crippen MR) is 94.5 cm³/mol. The number of nitro groups is 1. The molecule has 1 amide bonds. The maximum atomic E-state index is 11.1. The zero-order chi connectivity index (χ0) is 19.2. The van der Waals surface area contributed by atoms with E-state index in [1.54, 1.807) is 19.1 Å². The SMILES string of the molecule is CCNC(=O)COCCOCCOCCOc1ccc(C)cc1[N+](=O)[O-]. The van der Waals surface area contributed by atoms with Gasteiger partial charge in [-0.3, -0.25) is 14.9 Å². The molecule has 146 valence electrons. The van der Waals surface area contributed by atoms with Crippen LogP contribution in [0.2, 0.25) is 0 Å². The Morgan fingerprint density at radius 1 is 1.08 bits per heavy atom. The average molecular weight is 370 g/mol. The Morgan fingerprint density at radius 3 is 2.31 bits per heavy atom. The summed E-state index contributed by atoms with van der Waals surface area (Å²) < 4.78 is 21.1. The molecule has 0 fully saturated rings. The van der Waals surface area contributed by atoms with E-state index in [2.05, 4.69) is 5.32 Å². The van der Waals surface area contributed by atoms with Crippen LogP contribution in [0.5, 0.6) is 5.75 Å². The van der Waals surface area contributed by atoms with Gasteiger partial charge in [0.15, 0.2) is 5.75 Å². The smallest absolute Gasteiger partial charge is 0.311 e. The zero-order valence-electron chi connectivity index (χ0n) is 15.2. The number of benzene rings is 1. The molecule has 0 unspecified atom stereocenters. The van der Waals surface area contributed by atoms with E-state index in [-0.39, 0.29) is 30.6 Å². The molecule has 0 radical (unpaired) electrons. The van der Waals surface area contributed by atoms with Crippen LogP contribution in [0.15, 0.2) is 18.2 Å². The van der Waals surface area contributed by atoms with Gasteiger partial charge in [0.25, 0.3) is 0 Å². The molecule has 0 saturated carbocycles. The Labute approximate surface area is 152 Å². The number of nitrogens with zero attached hydrogens (tertiary/aromatic N) is 1. The molecule has 9 heteroatoms. The molecule has 1 rings (SSSR count). The number of carbonyl (C=O) groups is 1. The summed E-state index contributed by atoms with van der Waals surface area (Å²) in [5.41, 5.74) is 0.744. The predicted octanol–water partition coefficient (Wildman–Crippen LogP) is 1.47. The largest absolute Gasteiger partial charge is 0.484 e. The molecule has 1 aromatic rings. The number of hydrogen-bond donors (Lipinski definition) is 1. The minimum absolute atomic E-state index is 0.0240. The number of rotatable bonds is 14. The molecule has 0 aliphatic carbocycles. The third kappa shape index (κ3) is 9.30. The normalized spacial score (nSPS) is 10.5. The molecule has 0 spiro atoms. The Kier molecular flexibility index (Phi) is 10.9. The molecule has 9 nitrogen and oxygen atoms in total. The molecular formula is C17H26N2O7. The minimum atomic E-state index is -0.467. The number of amides is 1. The van der Waals surface area contributed by atoms with Gasteiger partial charge in [0, 0.05) is 12.6 Å². The summed E-state index contributed by atoms with van der Waals surface area (Å²) in [6.07, 6.45) is 0. The first-order valence-electron chi connectivity index (χ1n) is 8.42. The minimum Gasteiger partial charge on any atom is -0.484 e. The van der Waals surface area contributed by atoms with E-state index in [0.29, 0.717) is 39.6 Å². The van der Waals surface area contributed by atoms with E-state index in [1.165, 1.54) is 6.07 Å². The Morgan fingerprint density at radius 2 is 1.69 bits per heavy atom. The van der Waals surface area contributed by atoms with Crippen molar-refractivity contribution in [1.82, 2.24) is 5.32 Å². The highest BCUT2D eigenvalue weighted by Gasteiger charge is 2.14. The van der Waals surface area contributed by atoms with Gasteiger partial charge in [-0.1, -0.05) is 6.07 Å². The Hall–Kier alpha value is -2.23. The van der Waals surface area contributed by atoms with Gasteiger partial charge >= 0.3 is 5.69 Å². The summed E-state index contributed by atoms with van der Waals surface area (Å²) in [5, 5.41) is 13.6. The Balaban J connectivity index is 2.02. The van der Waals surface area contributed by atoms with Crippen molar-refractivity contribution < 1.29 is 28.7 Å². The summed E-state index contributed by atoms with van der Waals surface area (Å²) >= 11 is 0. The maximum absolute atomic E-state index is 11.1. The molecular weight excluding hydrogens is 344 g/mol. The topological polar surface area (TPSA) is 109 Å². The lowest BCUT2D eigenvalue weighted by atomic mass is 10.2. The summed E-state index contributed by atoms with van der Waals surface area (Å²) in [7, 11) is 0. The van der Waals surface area contributed by atoms with Crippen molar-refractivity contribution in [2.75, 3.05) is 52.8 Å². The van der Waals surface area contributed by atoms with Gasteiger partial charge in [-0.05, 0) is 25.5 Å². The second-order valence-corrected chi connectivity index (χ2v) is 5.31. The lowest BCUT2D eigenvalue weighted by Crippen LogP contribution is -2.27. The summed E-state index contributed by atoms with van der Waals surface area (Å²) in [4.78, 5) is 21.6. The highest BCUT2D eigenvalue weighted by atomic mass is 16.6. The van der Waals surface area contributed by atoms with Gasteiger partial charge in [0.1, 0.15) is 13.2 Å². The molecule has 0 bridgehead atoms. The van der Waals surface area contributed by atoms with E-state index in [9.17, 15) is 14.9 Å². The highest BCUT2D eigenvalue weighted by Crippen LogP contribution is 2.27. The van der Waals surface area contributed by atoms with Gasteiger partial charge in [-0.15, -0.1) is 0 Å². The number of nitro benzene ring substituents is 1. The number of likely N-dealkylation sites (N-methyl/N-ethyl adjacent to an activating group) is 1. The number of ether oxygens (including phenoxy) is 4. The average Bonchev–Trinajstić information content (AvgIpc) is 2.60. The van der Waals surface area contributed by atoms with Gasteiger partial charge in [-0.25, -0.2) is 0 Å². The lowest BCUT2D eigenvalue weighted by Gasteiger charge is -2.09. The van der Waals surface area contributed by atoms with Gasteiger partial charge < -0.3 is 24.3 Å². The molecule has 0 aliphatic rings. The molecule has 0 aliphatic heterocycles. The maximum Gasteiger partial charge on any atom is 0.311 e. The van der Waals surface area contributed by atoms with E-state index in [0.717, 1.165) is 5.56 Å². The first-order valence-corrected chi connectivity index (χ1v) is 8.42. The Bertz CT molecular complexity index is 566. The molecule has 1 N–H and O–H groups in total. The second kappa shape index (κ2) is 13.0. The van der Waals surface area contributed by atoms with Crippen LogP contribution in [0.1, 0.15) is 12.5 Å². The monoisotopic (exact) mass is 370 g/mol. The van der Waals surface area contributed by atoms with Gasteiger partial charge in [-0.2, -0.15) is 0 Å². The number of aryl methyl sites for hydroxylation is 1. The van der Waals surface area contributed by atoms with Crippen molar-refractivity contribution in [3.63, 3.8) is 0 Å². The van der Waals surface area contributed by atoms with Crippen LogP contribution in [0.4, 0.5) is 5.69 Å². The summed E-state index contributed by atoms with van der Waals surface area (Å²) in [5.74, 6) is 0.0781. The lowest BCUT2D eigenvalue weighted by molar-refractivity contribution is -0.385. The molecule has 0 aromatic heterocycles. The summed E-state index contributed by atoms with van der Waals surface area (Å²) in [6.45, 7) is 6.19. The van der Waals surface area contributed by atoms with Gasteiger partial charge in [0.2, 0.25) is 5.91 Å². The molecule has 26 heavy (non-hydrogen) atoms. The fourth-order valence-electron chi connectivity index (χ4n) is 1.96. The molecule has 1 aromatic carbocycles. The second-order valence-electron chi connectivity index (χ2n) is 5.31. The van der Waals surface area contributed by atoms with Crippen LogP contribution >= 0.6 is 0 Å². The quantitative estimate of drug-likeness (QED) is 0.300. The number of hydrogen-bond acceptors (Lipinski definition) is 7. The standard InChI is InChI=1S/C17H26N2O7/c1-3-18-17(20)13-25-9-8-23-6-7-24-10-11-26-16-5-4-14(2)12-15(16)19(21)22/h4-5,12H,3,6-11,13H2,1-2H3,(H,18,20). The van der Waals surface area contributed by atoms with Crippen LogP contribution in [-0.2, 0) is 19.0 Å². The fraction of sp³-hybridized carbons (Fsp3) is 0.588. The van der Waals surface area contributed by atoms with Crippen molar-refractivity contribution in [3.05, 3.63) is 33.9 Å². The van der Waals surface area contributed by atoms with Crippen molar-refractivity contribution in [1.29, 1.82) is 0 Å². The van der Waals surface area contributed by atoms with E-state index >= 15 is 0 Å². The van der Waals surface area contributed by atoms with Crippen molar-refractivity contribution >= 4 is 11.6 Å². The third-order valence-electron chi connectivity index (χ3n) is 3.15. The number of nitrogens with one attached hydrogen (secondary N) is 1. The third-order valence-corrected chi connectivity index (χ3v) is 3.15. The van der Waals surface area contributed by atoms with E-state index in [1.807, 2.05) is 6.92 Å². The van der Waals surface area contributed by atoms with Crippen LogP contribution in [0, 0.1) is 17.0 Å². The summed E-state index contributed by atoms with van der Waals surface area (Å²) in [6, 6.07) is 4.81. The van der Waals surface area contributed by atoms with Crippen LogP contribution in [0.3, 0.4) is 0 Å². The first kappa shape index (κ1) is 21.8. The van der Waals surface area contributed by atoms with Crippen LogP contribution in [-0.4, -0.2) is 63.6 Å². The molecule has 0 saturated heterocycles. The fourth-order valence-corrected chi connectivity index (χ4v) is 1.96.